The average Bonchev–Trinajstić information content (AvgIpc) is 2.48. The number of hydrogen-bond acceptors (Lipinski definition) is 4. The molecule has 6 N–H and O–H groups in total. The highest BCUT2D eigenvalue weighted by Crippen LogP contribution is 2.17. The highest BCUT2D eigenvalue weighted by atomic mass is 19.1. The molecule has 0 heterocycles. The molecular formula is C14H15F2N5O. The highest BCUT2D eigenvalue weighted by molar-refractivity contribution is 6.38. The molecule has 0 saturated carbocycles. The van der Waals surface area contributed by atoms with Gasteiger partial charge in [0.2, 0.25) is 5.96 Å². The Hall–Kier alpha value is -2.79. The fourth-order valence-corrected chi connectivity index (χ4v) is 1.29. The van der Waals surface area contributed by atoms with E-state index in [0.29, 0.717) is 0 Å². The van der Waals surface area contributed by atoms with Gasteiger partial charge in [0.05, 0.1) is 24.1 Å². The lowest BCUT2D eigenvalue weighted by molar-refractivity contribution is 0.264. The van der Waals surface area contributed by atoms with Crippen LogP contribution in [0.3, 0.4) is 0 Å². The molecule has 116 valence electrons. The van der Waals surface area contributed by atoms with Crippen LogP contribution in [0.15, 0.2) is 17.1 Å². The number of rotatable bonds is 3. The molecule has 1 aromatic carbocycles. The summed E-state index contributed by atoms with van der Waals surface area (Å²) in [6.07, 6.45) is 0.953. The Morgan fingerprint density at radius 2 is 2.18 bits per heavy atom. The lowest BCUT2D eigenvalue weighted by atomic mass is 10.1. The number of halogens is 2. The molecule has 8 heteroatoms. The predicted molar refractivity (Wildman–Crippen MR) is 81.3 cm³/mol. The number of aliphatic hydroxyl groups is 1. The summed E-state index contributed by atoms with van der Waals surface area (Å²) in [5, 5.41) is 26.2. The Bertz CT molecular complexity index is 676. The van der Waals surface area contributed by atoms with Crippen molar-refractivity contribution in [1.29, 1.82) is 10.8 Å². The first-order valence-corrected chi connectivity index (χ1v) is 6.19. The minimum Gasteiger partial charge on any atom is -0.396 e. The number of hydrogen-bond donors (Lipinski definition) is 5. The summed E-state index contributed by atoms with van der Waals surface area (Å²) < 4.78 is 27.0. The molecule has 0 spiro atoms. The lowest BCUT2D eigenvalue weighted by Crippen LogP contribution is -2.33. The van der Waals surface area contributed by atoms with Gasteiger partial charge in [-0.2, -0.15) is 0 Å². The smallest absolute Gasteiger partial charge is 0.215 e. The molecule has 0 aromatic heterocycles. The standard InChI is InChI=1S/C14H15F2N5O/c1-8(7-22)21-14(19)20-6-9(17)2-3-10-11(15)4-5-12(18)13(10)16/h4-6,8,17,22H,7,18H2,1H3,(H2,19,21)/b17-9?,20-6-. The first kappa shape index (κ1) is 17.3. The molecule has 0 aliphatic heterocycles. The van der Waals surface area contributed by atoms with Gasteiger partial charge in [0, 0.05) is 6.04 Å². The van der Waals surface area contributed by atoms with Crippen LogP contribution >= 0.6 is 0 Å². The molecule has 0 aliphatic rings. The molecule has 0 amide bonds. The third-order valence-electron chi connectivity index (χ3n) is 2.42. The van der Waals surface area contributed by atoms with Gasteiger partial charge in [-0.25, -0.2) is 13.8 Å². The summed E-state index contributed by atoms with van der Waals surface area (Å²) in [5.41, 5.74) is 4.20. The number of nitrogens with one attached hydrogen (secondary N) is 3. The van der Waals surface area contributed by atoms with Crippen molar-refractivity contribution in [3.05, 3.63) is 29.3 Å². The molecular weight excluding hydrogens is 292 g/mol. The molecule has 1 rings (SSSR count). The third-order valence-corrected chi connectivity index (χ3v) is 2.42. The summed E-state index contributed by atoms with van der Waals surface area (Å²) in [4.78, 5) is 3.58. The van der Waals surface area contributed by atoms with E-state index in [-0.39, 0.29) is 30.0 Å². The largest absolute Gasteiger partial charge is 0.396 e. The van der Waals surface area contributed by atoms with Gasteiger partial charge in [-0.05, 0) is 25.0 Å². The number of nitrogens with zero attached hydrogens (tertiary/aromatic N) is 1. The van der Waals surface area contributed by atoms with E-state index in [2.05, 4.69) is 22.2 Å². The minimum absolute atomic E-state index is 0.177. The predicted octanol–water partition coefficient (Wildman–Crippen LogP) is 0.894. The van der Waals surface area contributed by atoms with Gasteiger partial charge in [0.25, 0.3) is 0 Å². The molecule has 0 bridgehead atoms. The Morgan fingerprint density at radius 3 is 2.82 bits per heavy atom. The summed E-state index contributed by atoms with van der Waals surface area (Å²) in [6, 6.07) is 1.70. The maximum Gasteiger partial charge on any atom is 0.215 e. The normalized spacial score (nSPS) is 11.6. The van der Waals surface area contributed by atoms with E-state index >= 15 is 0 Å². The summed E-state index contributed by atoms with van der Waals surface area (Å²) >= 11 is 0. The number of aliphatic hydroxyl groups excluding tert-OH is 1. The zero-order chi connectivity index (χ0) is 16.7. The van der Waals surface area contributed by atoms with Crippen molar-refractivity contribution < 1.29 is 13.9 Å². The first-order chi connectivity index (χ1) is 10.3. The van der Waals surface area contributed by atoms with Crippen molar-refractivity contribution in [3.8, 4) is 11.8 Å². The highest BCUT2D eigenvalue weighted by Gasteiger charge is 2.09. The van der Waals surface area contributed by atoms with Gasteiger partial charge in [0.15, 0.2) is 5.82 Å². The number of nitrogen functional groups attached to an aromatic ring is 1. The maximum absolute atomic E-state index is 13.6. The second-order valence-corrected chi connectivity index (χ2v) is 4.32. The lowest BCUT2D eigenvalue weighted by Gasteiger charge is -2.08. The van der Waals surface area contributed by atoms with Crippen LogP contribution in [-0.4, -0.2) is 35.6 Å². The van der Waals surface area contributed by atoms with Gasteiger partial charge < -0.3 is 16.2 Å². The Balaban J connectivity index is 2.79. The van der Waals surface area contributed by atoms with E-state index < -0.39 is 17.2 Å². The number of nitrogens with two attached hydrogens (primary N) is 1. The van der Waals surface area contributed by atoms with Crippen LogP contribution in [0.5, 0.6) is 0 Å². The minimum atomic E-state index is -0.983. The molecule has 1 atom stereocenters. The summed E-state index contributed by atoms with van der Waals surface area (Å²) in [7, 11) is 0. The number of aliphatic imine (C=N–C) groups is 1. The zero-order valence-electron chi connectivity index (χ0n) is 11.7. The number of anilines is 1. The Labute approximate surface area is 126 Å². The van der Waals surface area contributed by atoms with E-state index in [4.69, 9.17) is 21.7 Å². The van der Waals surface area contributed by atoms with Crippen molar-refractivity contribution in [1.82, 2.24) is 5.32 Å². The van der Waals surface area contributed by atoms with E-state index in [0.717, 1.165) is 18.3 Å². The summed E-state index contributed by atoms with van der Waals surface area (Å²) in [5.74, 6) is 2.24. The van der Waals surface area contributed by atoms with Crippen molar-refractivity contribution >= 4 is 23.6 Å². The van der Waals surface area contributed by atoms with Gasteiger partial charge >= 0.3 is 0 Å². The second kappa shape index (κ2) is 7.85. The third kappa shape index (κ3) is 4.96. The molecule has 0 radical (unpaired) electrons. The van der Waals surface area contributed by atoms with Gasteiger partial charge in [-0.1, -0.05) is 5.92 Å². The van der Waals surface area contributed by atoms with Crippen LogP contribution in [0.4, 0.5) is 14.5 Å². The van der Waals surface area contributed by atoms with Crippen molar-refractivity contribution in [3.63, 3.8) is 0 Å². The van der Waals surface area contributed by atoms with Gasteiger partial charge in [-0.3, -0.25) is 10.8 Å². The molecule has 6 nitrogen and oxygen atoms in total. The molecule has 22 heavy (non-hydrogen) atoms. The van der Waals surface area contributed by atoms with Gasteiger partial charge in [0.1, 0.15) is 11.5 Å². The molecule has 0 fully saturated rings. The van der Waals surface area contributed by atoms with E-state index in [1.807, 2.05) is 0 Å². The van der Waals surface area contributed by atoms with Crippen molar-refractivity contribution in [2.45, 2.75) is 13.0 Å². The fraction of sp³-hybridized carbons (Fsp3) is 0.214. The van der Waals surface area contributed by atoms with E-state index in [1.54, 1.807) is 6.92 Å². The van der Waals surface area contributed by atoms with Crippen LogP contribution in [0.25, 0.3) is 0 Å². The molecule has 0 saturated heterocycles. The van der Waals surface area contributed by atoms with Crippen LogP contribution in [-0.2, 0) is 0 Å². The summed E-state index contributed by atoms with van der Waals surface area (Å²) in [6.45, 7) is 1.46. The van der Waals surface area contributed by atoms with Crippen molar-refractivity contribution in [2.24, 2.45) is 4.99 Å². The first-order valence-electron chi connectivity index (χ1n) is 6.19. The van der Waals surface area contributed by atoms with E-state index in [1.165, 1.54) is 0 Å². The maximum atomic E-state index is 13.6. The monoisotopic (exact) mass is 307 g/mol. The molecule has 0 aliphatic carbocycles. The number of guanidine groups is 1. The second-order valence-electron chi connectivity index (χ2n) is 4.32. The zero-order valence-corrected chi connectivity index (χ0v) is 11.7. The van der Waals surface area contributed by atoms with Crippen LogP contribution in [0.2, 0.25) is 0 Å². The van der Waals surface area contributed by atoms with E-state index in [9.17, 15) is 8.78 Å². The topological polar surface area (TPSA) is 118 Å². The molecule has 1 aromatic rings. The number of benzene rings is 1. The Morgan fingerprint density at radius 1 is 1.50 bits per heavy atom. The fourth-order valence-electron chi connectivity index (χ4n) is 1.29. The average molecular weight is 307 g/mol. The molecule has 1 unspecified atom stereocenters. The SMILES string of the molecule is CC(CO)NC(=N)/N=C\C(=N)C#Cc1c(F)ccc(N)c1F. The Kier molecular flexibility index (Phi) is 6.16. The quantitative estimate of drug-likeness (QED) is 0.247. The van der Waals surface area contributed by atoms with Crippen molar-refractivity contribution in [2.75, 3.05) is 12.3 Å². The van der Waals surface area contributed by atoms with Crippen LogP contribution in [0.1, 0.15) is 12.5 Å². The van der Waals surface area contributed by atoms with Crippen LogP contribution in [0, 0.1) is 34.3 Å². The van der Waals surface area contributed by atoms with Gasteiger partial charge in [-0.15, -0.1) is 0 Å². The van der Waals surface area contributed by atoms with Crippen LogP contribution < -0.4 is 11.1 Å².